The summed E-state index contributed by atoms with van der Waals surface area (Å²) in [5, 5.41) is 0. The number of primary amides is 1. The van der Waals surface area contributed by atoms with Crippen molar-refractivity contribution in [2.75, 3.05) is 0 Å². The molecule has 3 heteroatoms. The number of hydrogen-bond donors (Lipinski definition) is 1. The van der Waals surface area contributed by atoms with Crippen LogP contribution in [0.1, 0.15) is 36.2 Å². The van der Waals surface area contributed by atoms with Crippen molar-refractivity contribution in [1.82, 2.24) is 0 Å². The number of carbonyl (C=O) groups is 1. The van der Waals surface area contributed by atoms with Gasteiger partial charge in [-0.2, -0.15) is 0 Å². The van der Waals surface area contributed by atoms with Crippen LogP contribution in [0.15, 0.2) is 35.3 Å². The van der Waals surface area contributed by atoms with Crippen LogP contribution in [0.2, 0.25) is 0 Å². The number of aliphatic imine (C=N–C) groups is 1. The summed E-state index contributed by atoms with van der Waals surface area (Å²) in [6.07, 6.45) is 4.72. The van der Waals surface area contributed by atoms with Crippen LogP contribution < -0.4 is 5.73 Å². The SMILES string of the molecule is CC=N/C(=C\CC)c1ccc(C(N)=O)cc1. The largest absolute Gasteiger partial charge is 0.366 e. The molecule has 0 spiro atoms. The van der Waals surface area contributed by atoms with Crippen LogP contribution in [0, 0.1) is 0 Å². The molecule has 0 aliphatic heterocycles. The van der Waals surface area contributed by atoms with Gasteiger partial charge in [0.1, 0.15) is 0 Å². The standard InChI is InChI=1S/C13H16N2O/c1-3-5-12(15-4-2)10-6-8-11(9-7-10)13(14)16/h4-9H,3H2,1-2H3,(H2,14,16)/b12-5-,15-4?. The van der Waals surface area contributed by atoms with Gasteiger partial charge in [0.15, 0.2) is 0 Å². The number of hydrogen-bond acceptors (Lipinski definition) is 2. The fraction of sp³-hybridized carbons (Fsp3) is 0.231. The molecule has 2 N–H and O–H groups in total. The van der Waals surface area contributed by atoms with Crippen LogP contribution in [-0.4, -0.2) is 12.1 Å². The highest BCUT2D eigenvalue weighted by Gasteiger charge is 2.02. The monoisotopic (exact) mass is 216 g/mol. The molecule has 1 amide bonds. The van der Waals surface area contributed by atoms with E-state index in [4.69, 9.17) is 5.73 Å². The highest BCUT2D eigenvalue weighted by Crippen LogP contribution is 2.17. The molecule has 0 radical (unpaired) electrons. The molecule has 84 valence electrons. The van der Waals surface area contributed by atoms with Crippen LogP contribution in [0.5, 0.6) is 0 Å². The van der Waals surface area contributed by atoms with Crippen LogP contribution in [0.25, 0.3) is 5.70 Å². The average Bonchev–Trinajstić information content (AvgIpc) is 2.29. The fourth-order valence-corrected chi connectivity index (χ4v) is 1.38. The molecule has 0 saturated carbocycles. The van der Waals surface area contributed by atoms with Gasteiger partial charge in [0, 0.05) is 11.8 Å². The van der Waals surface area contributed by atoms with Gasteiger partial charge in [0.05, 0.1) is 5.70 Å². The highest BCUT2D eigenvalue weighted by molar-refractivity contribution is 5.93. The third kappa shape index (κ3) is 3.05. The molecule has 16 heavy (non-hydrogen) atoms. The highest BCUT2D eigenvalue weighted by atomic mass is 16.1. The van der Waals surface area contributed by atoms with Crippen molar-refractivity contribution in [3.05, 3.63) is 41.5 Å². The first-order valence-corrected chi connectivity index (χ1v) is 5.28. The van der Waals surface area contributed by atoms with Gasteiger partial charge in [0.2, 0.25) is 5.91 Å². The molecule has 3 nitrogen and oxygen atoms in total. The summed E-state index contributed by atoms with van der Waals surface area (Å²) in [4.78, 5) is 15.2. The minimum Gasteiger partial charge on any atom is -0.366 e. The second-order valence-corrected chi connectivity index (χ2v) is 3.33. The number of nitrogens with zero attached hydrogens (tertiary/aromatic N) is 1. The van der Waals surface area contributed by atoms with E-state index in [-0.39, 0.29) is 0 Å². The third-order valence-corrected chi connectivity index (χ3v) is 2.13. The number of nitrogens with two attached hydrogens (primary N) is 1. The van der Waals surface area contributed by atoms with E-state index in [2.05, 4.69) is 11.9 Å². The van der Waals surface area contributed by atoms with Crippen LogP contribution in [0.3, 0.4) is 0 Å². The maximum absolute atomic E-state index is 10.9. The number of allylic oxidation sites excluding steroid dienone is 1. The summed E-state index contributed by atoms with van der Waals surface area (Å²) in [5.74, 6) is -0.411. The summed E-state index contributed by atoms with van der Waals surface area (Å²) < 4.78 is 0. The van der Waals surface area contributed by atoms with E-state index < -0.39 is 5.91 Å². The molecule has 0 aromatic heterocycles. The Hall–Kier alpha value is -1.90. The first kappa shape index (κ1) is 12.2. The normalized spacial score (nSPS) is 12.0. The van der Waals surface area contributed by atoms with E-state index >= 15 is 0 Å². The molecule has 0 unspecified atom stereocenters. The molecule has 1 aromatic carbocycles. The lowest BCUT2D eigenvalue weighted by atomic mass is 10.1. The van der Waals surface area contributed by atoms with E-state index in [9.17, 15) is 4.79 Å². The second kappa shape index (κ2) is 5.85. The number of rotatable bonds is 4. The molecule has 1 aromatic rings. The minimum absolute atomic E-state index is 0.411. The lowest BCUT2D eigenvalue weighted by Crippen LogP contribution is -2.10. The Morgan fingerprint density at radius 3 is 2.31 bits per heavy atom. The van der Waals surface area contributed by atoms with Gasteiger partial charge < -0.3 is 5.73 Å². The molecule has 0 fully saturated rings. The maximum Gasteiger partial charge on any atom is 0.248 e. The predicted molar refractivity (Wildman–Crippen MR) is 67.4 cm³/mol. The molecule has 0 saturated heterocycles. The fourth-order valence-electron chi connectivity index (χ4n) is 1.38. The van der Waals surface area contributed by atoms with Crippen molar-refractivity contribution in [3.8, 4) is 0 Å². The Morgan fingerprint density at radius 1 is 1.31 bits per heavy atom. The lowest BCUT2D eigenvalue weighted by molar-refractivity contribution is 0.100. The van der Waals surface area contributed by atoms with Crippen molar-refractivity contribution < 1.29 is 4.79 Å². The Balaban J connectivity index is 3.03. The van der Waals surface area contributed by atoms with Crippen molar-refractivity contribution in [2.45, 2.75) is 20.3 Å². The summed E-state index contributed by atoms with van der Waals surface area (Å²) in [6.45, 7) is 3.93. The summed E-state index contributed by atoms with van der Waals surface area (Å²) in [7, 11) is 0. The molecule has 0 atom stereocenters. The van der Waals surface area contributed by atoms with Gasteiger partial charge in [-0.05, 0) is 31.0 Å². The van der Waals surface area contributed by atoms with E-state index in [0.717, 1.165) is 17.7 Å². The quantitative estimate of drug-likeness (QED) is 0.773. The van der Waals surface area contributed by atoms with Gasteiger partial charge in [-0.15, -0.1) is 0 Å². The topological polar surface area (TPSA) is 55.4 Å². The first-order valence-electron chi connectivity index (χ1n) is 5.28. The van der Waals surface area contributed by atoms with E-state index in [1.165, 1.54) is 0 Å². The van der Waals surface area contributed by atoms with Gasteiger partial charge >= 0.3 is 0 Å². The Labute approximate surface area is 95.7 Å². The summed E-state index contributed by atoms with van der Waals surface area (Å²) in [6, 6.07) is 7.14. The maximum atomic E-state index is 10.9. The smallest absolute Gasteiger partial charge is 0.248 e. The second-order valence-electron chi connectivity index (χ2n) is 3.33. The number of carbonyl (C=O) groups excluding carboxylic acids is 1. The van der Waals surface area contributed by atoms with Crippen molar-refractivity contribution in [1.29, 1.82) is 0 Å². The molecule has 0 bridgehead atoms. The number of benzene rings is 1. The Morgan fingerprint density at radius 2 is 1.88 bits per heavy atom. The Kier molecular flexibility index (Phi) is 4.45. The Bertz CT molecular complexity index is 416. The van der Waals surface area contributed by atoms with E-state index in [1.54, 1.807) is 18.3 Å². The zero-order chi connectivity index (χ0) is 12.0. The van der Waals surface area contributed by atoms with E-state index in [1.807, 2.05) is 25.1 Å². The van der Waals surface area contributed by atoms with Crippen LogP contribution >= 0.6 is 0 Å². The van der Waals surface area contributed by atoms with Gasteiger partial charge in [0.25, 0.3) is 0 Å². The third-order valence-electron chi connectivity index (χ3n) is 2.13. The molecule has 0 heterocycles. The molecular weight excluding hydrogens is 200 g/mol. The average molecular weight is 216 g/mol. The van der Waals surface area contributed by atoms with Gasteiger partial charge in [-0.25, -0.2) is 0 Å². The molecule has 0 aliphatic rings. The molecule has 1 rings (SSSR count). The molecular formula is C13H16N2O. The lowest BCUT2D eigenvalue weighted by Gasteiger charge is -2.02. The predicted octanol–water partition coefficient (Wildman–Crippen LogP) is 2.63. The van der Waals surface area contributed by atoms with Crippen LogP contribution in [0.4, 0.5) is 0 Å². The van der Waals surface area contributed by atoms with Gasteiger partial charge in [-0.3, -0.25) is 9.79 Å². The van der Waals surface area contributed by atoms with Crippen LogP contribution in [-0.2, 0) is 0 Å². The molecule has 0 aliphatic carbocycles. The first-order chi connectivity index (χ1) is 7.69. The van der Waals surface area contributed by atoms with Gasteiger partial charge in [-0.1, -0.05) is 25.1 Å². The zero-order valence-corrected chi connectivity index (χ0v) is 9.60. The van der Waals surface area contributed by atoms with Crippen molar-refractivity contribution in [2.24, 2.45) is 10.7 Å². The summed E-state index contributed by atoms with van der Waals surface area (Å²) >= 11 is 0. The van der Waals surface area contributed by atoms with E-state index in [0.29, 0.717) is 5.56 Å². The minimum atomic E-state index is -0.411. The van der Waals surface area contributed by atoms with Crippen molar-refractivity contribution in [3.63, 3.8) is 0 Å². The zero-order valence-electron chi connectivity index (χ0n) is 9.60. The summed E-state index contributed by atoms with van der Waals surface area (Å²) in [5.41, 5.74) is 7.60. The van der Waals surface area contributed by atoms with Crippen molar-refractivity contribution >= 4 is 17.8 Å². The number of amides is 1.